The Morgan fingerprint density at radius 1 is 0.938 bits per heavy atom. The highest BCUT2D eigenvalue weighted by atomic mass is 32.1. The van der Waals surface area contributed by atoms with Crippen LogP contribution < -0.4 is 4.90 Å². The molecule has 1 fully saturated rings. The molecule has 0 saturated carbocycles. The van der Waals surface area contributed by atoms with Crippen molar-refractivity contribution in [1.82, 2.24) is 19.9 Å². The summed E-state index contributed by atoms with van der Waals surface area (Å²) >= 11 is 1.81. The van der Waals surface area contributed by atoms with E-state index in [1.165, 1.54) is 22.2 Å². The number of benzene rings is 1. The molecule has 6 nitrogen and oxygen atoms in total. The van der Waals surface area contributed by atoms with Crippen LogP contribution in [0, 0.1) is 0 Å². The largest absolute Gasteiger partial charge is 0.352 e. The van der Waals surface area contributed by atoms with Crippen molar-refractivity contribution in [1.29, 1.82) is 0 Å². The average Bonchev–Trinajstić information content (AvgIpc) is 3.45. The number of aryl methyl sites for hydroxylation is 2. The van der Waals surface area contributed by atoms with Crippen molar-refractivity contribution in [2.24, 2.45) is 0 Å². The van der Waals surface area contributed by atoms with Crippen molar-refractivity contribution < 1.29 is 4.79 Å². The molecule has 32 heavy (non-hydrogen) atoms. The van der Waals surface area contributed by atoms with Crippen molar-refractivity contribution in [3.63, 3.8) is 0 Å². The molecule has 2 aliphatic rings. The lowest BCUT2D eigenvalue weighted by molar-refractivity contribution is 0.0746. The van der Waals surface area contributed by atoms with Gasteiger partial charge in [-0.3, -0.25) is 9.78 Å². The number of anilines is 1. The summed E-state index contributed by atoms with van der Waals surface area (Å²) in [5, 5.41) is 1.22. The fraction of sp³-hybridized carbons (Fsp3) is 0.280. The molecule has 4 heterocycles. The van der Waals surface area contributed by atoms with Crippen LogP contribution in [0.1, 0.15) is 27.2 Å². The first kappa shape index (κ1) is 19.4. The molecule has 0 atom stereocenters. The number of pyridine rings is 1. The predicted octanol–water partition coefficient (Wildman–Crippen LogP) is 4.20. The van der Waals surface area contributed by atoms with Gasteiger partial charge in [0.2, 0.25) is 0 Å². The van der Waals surface area contributed by atoms with Gasteiger partial charge in [0.05, 0.1) is 5.39 Å². The Labute approximate surface area is 190 Å². The van der Waals surface area contributed by atoms with E-state index < -0.39 is 0 Å². The Balaban J connectivity index is 1.34. The first-order chi connectivity index (χ1) is 15.8. The first-order valence-corrected chi connectivity index (χ1v) is 11.9. The highest BCUT2D eigenvalue weighted by molar-refractivity contribution is 7.19. The molecule has 1 saturated heterocycles. The van der Waals surface area contributed by atoms with Gasteiger partial charge < -0.3 is 9.80 Å². The van der Waals surface area contributed by atoms with E-state index in [9.17, 15) is 4.79 Å². The van der Waals surface area contributed by atoms with Gasteiger partial charge in [-0.25, -0.2) is 9.97 Å². The highest BCUT2D eigenvalue weighted by Crippen LogP contribution is 2.41. The van der Waals surface area contributed by atoms with E-state index in [1.807, 2.05) is 64.9 Å². The molecule has 4 aromatic rings. The van der Waals surface area contributed by atoms with E-state index in [1.54, 1.807) is 6.20 Å². The Hall–Kier alpha value is -3.32. The summed E-state index contributed by atoms with van der Waals surface area (Å²) in [6.45, 7) is 2.91. The fourth-order valence-corrected chi connectivity index (χ4v) is 5.97. The molecule has 0 unspecified atom stereocenters. The SMILES string of the molecule is O=C(c1ccccc1)N1CCN(c2nc(-c3cccnc3)nc3sc4c(c23)CCC4)CC1. The molecule has 1 aromatic carbocycles. The van der Waals surface area contributed by atoms with Gasteiger partial charge in [0, 0.05) is 54.6 Å². The quantitative estimate of drug-likeness (QED) is 0.477. The maximum absolute atomic E-state index is 12.9. The molecule has 0 radical (unpaired) electrons. The van der Waals surface area contributed by atoms with E-state index >= 15 is 0 Å². The van der Waals surface area contributed by atoms with Gasteiger partial charge in [0.1, 0.15) is 10.6 Å². The zero-order valence-corrected chi connectivity index (χ0v) is 18.5. The number of rotatable bonds is 3. The van der Waals surface area contributed by atoms with Crippen LogP contribution in [0.4, 0.5) is 5.82 Å². The minimum absolute atomic E-state index is 0.102. The molecule has 0 bridgehead atoms. The summed E-state index contributed by atoms with van der Waals surface area (Å²) in [7, 11) is 0. The third-order valence-electron chi connectivity index (χ3n) is 6.35. The number of thiophene rings is 1. The maximum atomic E-state index is 12.9. The second-order valence-corrected chi connectivity index (χ2v) is 9.38. The lowest BCUT2D eigenvalue weighted by Crippen LogP contribution is -2.49. The topological polar surface area (TPSA) is 62.2 Å². The van der Waals surface area contributed by atoms with Crippen LogP contribution in [0.25, 0.3) is 21.6 Å². The summed E-state index contributed by atoms with van der Waals surface area (Å²) < 4.78 is 0. The van der Waals surface area contributed by atoms with Crippen molar-refractivity contribution in [3.8, 4) is 11.4 Å². The number of piperazine rings is 1. The molecular formula is C25H23N5OS. The highest BCUT2D eigenvalue weighted by Gasteiger charge is 2.28. The van der Waals surface area contributed by atoms with Crippen molar-refractivity contribution in [2.75, 3.05) is 31.1 Å². The minimum atomic E-state index is 0.102. The van der Waals surface area contributed by atoms with Crippen LogP contribution in [0.5, 0.6) is 0 Å². The van der Waals surface area contributed by atoms with Crippen LogP contribution in [0.15, 0.2) is 54.9 Å². The number of aromatic nitrogens is 3. The molecule has 0 N–H and O–H groups in total. The Bertz CT molecular complexity index is 1280. The summed E-state index contributed by atoms with van der Waals surface area (Å²) in [4.78, 5) is 33.9. The summed E-state index contributed by atoms with van der Waals surface area (Å²) in [5.41, 5.74) is 3.11. The minimum Gasteiger partial charge on any atom is -0.352 e. The Kier molecular flexibility index (Phi) is 4.83. The number of carbonyl (C=O) groups excluding carboxylic acids is 1. The molecule has 160 valence electrons. The summed E-state index contributed by atoms with van der Waals surface area (Å²) in [5.74, 6) is 1.84. The van der Waals surface area contributed by atoms with Crippen LogP contribution >= 0.6 is 11.3 Å². The number of hydrogen-bond acceptors (Lipinski definition) is 6. The van der Waals surface area contributed by atoms with Crippen LogP contribution in [0.3, 0.4) is 0 Å². The number of hydrogen-bond donors (Lipinski definition) is 0. The molecule has 7 heteroatoms. The molecular weight excluding hydrogens is 418 g/mol. The number of carbonyl (C=O) groups is 1. The summed E-state index contributed by atoms with van der Waals surface area (Å²) in [6.07, 6.45) is 7.04. The smallest absolute Gasteiger partial charge is 0.253 e. The van der Waals surface area contributed by atoms with Crippen molar-refractivity contribution in [2.45, 2.75) is 19.3 Å². The number of amides is 1. The molecule has 1 aliphatic heterocycles. The van der Waals surface area contributed by atoms with Crippen molar-refractivity contribution in [3.05, 3.63) is 70.9 Å². The van der Waals surface area contributed by atoms with Crippen molar-refractivity contribution >= 4 is 33.3 Å². The van der Waals surface area contributed by atoms with Gasteiger partial charge in [-0.1, -0.05) is 18.2 Å². The fourth-order valence-electron chi connectivity index (χ4n) is 4.71. The first-order valence-electron chi connectivity index (χ1n) is 11.1. The van der Waals surface area contributed by atoms with Gasteiger partial charge in [-0.15, -0.1) is 11.3 Å². The van der Waals surface area contributed by atoms with Crippen LogP contribution in [-0.4, -0.2) is 51.9 Å². The van der Waals surface area contributed by atoms with Gasteiger partial charge in [-0.05, 0) is 49.1 Å². The predicted molar refractivity (Wildman–Crippen MR) is 127 cm³/mol. The zero-order valence-electron chi connectivity index (χ0n) is 17.7. The van der Waals surface area contributed by atoms with Crippen LogP contribution in [0.2, 0.25) is 0 Å². The van der Waals surface area contributed by atoms with Gasteiger partial charge in [-0.2, -0.15) is 0 Å². The molecule has 1 amide bonds. The standard InChI is InChI=1S/C25H23N5OS/c31-25(17-6-2-1-3-7-17)30-14-12-29(13-15-30)23-21-19-9-4-10-20(19)32-24(21)28-22(27-23)18-8-5-11-26-16-18/h1-3,5-8,11,16H,4,9-10,12-15H2. The van der Waals surface area contributed by atoms with E-state index in [2.05, 4.69) is 9.88 Å². The number of nitrogens with zero attached hydrogens (tertiary/aromatic N) is 5. The molecule has 3 aromatic heterocycles. The average molecular weight is 442 g/mol. The maximum Gasteiger partial charge on any atom is 0.253 e. The van der Waals surface area contributed by atoms with Gasteiger partial charge in [0.25, 0.3) is 5.91 Å². The molecule has 6 rings (SSSR count). The normalized spacial score (nSPS) is 15.9. The van der Waals surface area contributed by atoms with E-state index in [0.717, 1.165) is 53.5 Å². The number of fused-ring (bicyclic) bond motifs is 3. The lowest BCUT2D eigenvalue weighted by atomic mass is 10.1. The van der Waals surface area contributed by atoms with Gasteiger partial charge in [0.15, 0.2) is 5.82 Å². The molecule has 1 aliphatic carbocycles. The Morgan fingerprint density at radius 2 is 1.78 bits per heavy atom. The van der Waals surface area contributed by atoms with E-state index in [4.69, 9.17) is 9.97 Å². The zero-order chi connectivity index (χ0) is 21.5. The third kappa shape index (κ3) is 3.33. The van der Waals surface area contributed by atoms with E-state index in [-0.39, 0.29) is 5.91 Å². The Morgan fingerprint density at radius 3 is 2.56 bits per heavy atom. The second-order valence-electron chi connectivity index (χ2n) is 8.30. The van der Waals surface area contributed by atoms with E-state index in [0.29, 0.717) is 13.1 Å². The third-order valence-corrected chi connectivity index (χ3v) is 7.54. The monoisotopic (exact) mass is 441 g/mol. The van der Waals surface area contributed by atoms with Crippen LogP contribution in [-0.2, 0) is 12.8 Å². The van der Waals surface area contributed by atoms with Gasteiger partial charge >= 0.3 is 0 Å². The second kappa shape index (κ2) is 7.98. The lowest BCUT2D eigenvalue weighted by Gasteiger charge is -2.36. The summed E-state index contributed by atoms with van der Waals surface area (Å²) in [6, 6.07) is 13.5. The molecule has 0 spiro atoms.